The Morgan fingerprint density at radius 3 is 3.31 bits per heavy atom. The van der Waals surface area contributed by atoms with E-state index in [0.29, 0.717) is 6.04 Å². The maximum absolute atomic E-state index is 6.03. The van der Waals surface area contributed by atoms with Gasteiger partial charge in [0.15, 0.2) is 0 Å². The van der Waals surface area contributed by atoms with E-state index in [1.54, 1.807) is 11.3 Å². The van der Waals surface area contributed by atoms with Gasteiger partial charge in [0.05, 0.1) is 4.34 Å². The number of rotatable bonds is 0. The van der Waals surface area contributed by atoms with Crippen molar-refractivity contribution >= 4 is 22.9 Å². The quantitative estimate of drug-likeness (QED) is 0.699. The van der Waals surface area contributed by atoms with Crippen LogP contribution in [0.3, 0.4) is 0 Å². The molecule has 0 aromatic carbocycles. The van der Waals surface area contributed by atoms with Gasteiger partial charge >= 0.3 is 0 Å². The standard InChI is InChI=1S/C10H12ClNS/c11-9-5-7-8(13-9)2-1-6-3-4-12-10(6)7/h5-6,10,12H,1-4H2. The average Bonchev–Trinajstić information content (AvgIpc) is 2.65. The average molecular weight is 214 g/mol. The molecule has 0 bridgehead atoms. The fourth-order valence-corrected chi connectivity index (χ4v) is 3.96. The van der Waals surface area contributed by atoms with Gasteiger partial charge in [-0.2, -0.15) is 0 Å². The summed E-state index contributed by atoms with van der Waals surface area (Å²) in [5.74, 6) is 0.873. The normalized spacial score (nSPS) is 31.5. The summed E-state index contributed by atoms with van der Waals surface area (Å²) >= 11 is 7.80. The Morgan fingerprint density at radius 2 is 2.38 bits per heavy atom. The number of hydrogen-bond acceptors (Lipinski definition) is 2. The Morgan fingerprint density at radius 1 is 1.46 bits per heavy atom. The molecule has 0 saturated carbocycles. The third-order valence-electron chi connectivity index (χ3n) is 3.24. The van der Waals surface area contributed by atoms with E-state index in [0.717, 1.165) is 10.3 Å². The molecule has 2 unspecified atom stereocenters. The van der Waals surface area contributed by atoms with E-state index in [4.69, 9.17) is 11.6 Å². The Balaban J connectivity index is 2.05. The highest BCUT2D eigenvalue weighted by Gasteiger charge is 2.34. The van der Waals surface area contributed by atoms with Crippen LogP contribution < -0.4 is 5.32 Å². The number of hydrogen-bond donors (Lipinski definition) is 1. The van der Waals surface area contributed by atoms with E-state index >= 15 is 0 Å². The van der Waals surface area contributed by atoms with Gasteiger partial charge in [-0.3, -0.25) is 0 Å². The van der Waals surface area contributed by atoms with Gasteiger partial charge in [0.25, 0.3) is 0 Å². The van der Waals surface area contributed by atoms with E-state index in [1.165, 1.54) is 36.2 Å². The molecule has 1 nitrogen and oxygen atoms in total. The van der Waals surface area contributed by atoms with Crippen LogP contribution in [0, 0.1) is 5.92 Å². The minimum absolute atomic E-state index is 0.618. The van der Waals surface area contributed by atoms with E-state index in [2.05, 4.69) is 11.4 Å². The highest BCUT2D eigenvalue weighted by atomic mass is 35.5. The van der Waals surface area contributed by atoms with Crippen LogP contribution >= 0.6 is 22.9 Å². The molecule has 2 atom stereocenters. The van der Waals surface area contributed by atoms with Crippen LogP contribution in [0.15, 0.2) is 6.07 Å². The lowest BCUT2D eigenvalue weighted by atomic mass is 9.85. The van der Waals surface area contributed by atoms with Crippen molar-refractivity contribution in [1.82, 2.24) is 5.32 Å². The predicted octanol–water partition coefficient (Wildman–Crippen LogP) is 3.00. The molecule has 1 aliphatic heterocycles. The molecular weight excluding hydrogens is 202 g/mol. The van der Waals surface area contributed by atoms with Crippen molar-refractivity contribution in [2.24, 2.45) is 5.92 Å². The van der Waals surface area contributed by atoms with Crippen LogP contribution in [0.25, 0.3) is 0 Å². The molecule has 3 heteroatoms. The SMILES string of the molecule is Clc1cc2c(s1)CCC1CCNC21. The topological polar surface area (TPSA) is 12.0 Å². The molecule has 70 valence electrons. The first kappa shape index (κ1) is 8.27. The number of fused-ring (bicyclic) bond motifs is 3. The molecule has 1 fully saturated rings. The van der Waals surface area contributed by atoms with Crippen LogP contribution in [-0.2, 0) is 6.42 Å². The van der Waals surface area contributed by atoms with Gasteiger partial charge in [-0.1, -0.05) is 11.6 Å². The smallest absolute Gasteiger partial charge is 0.0934 e. The van der Waals surface area contributed by atoms with Crippen molar-refractivity contribution in [2.45, 2.75) is 25.3 Å². The van der Waals surface area contributed by atoms with E-state index in [1.807, 2.05) is 0 Å². The van der Waals surface area contributed by atoms with Gasteiger partial charge in [0.1, 0.15) is 0 Å². The van der Waals surface area contributed by atoms with Gasteiger partial charge in [0.2, 0.25) is 0 Å². The Kier molecular flexibility index (Phi) is 1.89. The first-order valence-corrected chi connectivity index (χ1v) is 6.05. The molecular formula is C10H12ClNS. The lowest BCUT2D eigenvalue weighted by molar-refractivity contribution is 0.409. The minimum atomic E-state index is 0.618. The fraction of sp³-hybridized carbons (Fsp3) is 0.600. The van der Waals surface area contributed by atoms with E-state index in [-0.39, 0.29) is 0 Å². The second-order valence-corrected chi connectivity index (χ2v) is 5.72. The maximum Gasteiger partial charge on any atom is 0.0934 e. The number of nitrogens with one attached hydrogen (secondary N) is 1. The Bertz CT molecular complexity index is 334. The Hall–Kier alpha value is -0.0500. The third kappa shape index (κ3) is 1.24. The molecule has 2 heterocycles. The summed E-state index contributed by atoms with van der Waals surface area (Å²) in [6, 6.07) is 2.78. The second-order valence-electron chi connectivity index (χ2n) is 3.95. The summed E-state index contributed by atoms with van der Waals surface area (Å²) in [4.78, 5) is 1.51. The lowest BCUT2D eigenvalue weighted by Crippen LogP contribution is -2.22. The van der Waals surface area contributed by atoms with Crippen molar-refractivity contribution < 1.29 is 0 Å². The molecule has 0 amide bonds. The van der Waals surface area contributed by atoms with Crippen LogP contribution in [0.1, 0.15) is 29.3 Å². The van der Waals surface area contributed by atoms with Crippen molar-refractivity contribution in [3.63, 3.8) is 0 Å². The van der Waals surface area contributed by atoms with Gasteiger partial charge < -0.3 is 5.32 Å². The number of aryl methyl sites for hydroxylation is 1. The zero-order valence-corrected chi connectivity index (χ0v) is 8.92. The molecule has 1 N–H and O–H groups in total. The first-order valence-electron chi connectivity index (χ1n) is 4.86. The molecule has 2 aliphatic rings. The van der Waals surface area contributed by atoms with E-state index in [9.17, 15) is 0 Å². The zero-order valence-electron chi connectivity index (χ0n) is 7.35. The molecule has 1 saturated heterocycles. The number of thiophene rings is 1. The minimum Gasteiger partial charge on any atom is -0.310 e. The fourth-order valence-electron chi connectivity index (χ4n) is 2.62. The predicted molar refractivity (Wildman–Crippen MR) is 56.5 cm³/mol. The highest BCUT2D eigenvalue weighted by Crippen LogP contribution is 2.43. The summed E-state index contributed by atoms with van der Waals surface area (Å²) in [6.45, 7) is 1.18. The van der Waals surface area contributed by atoms with Crippen LogP contribution in [-0.4, -0.2) is 6.54 Å². The summed E-state index contributed by atoms with van der Waals surface area (Å²) in [5.41, 5.74) is 1.49. The van der Waals surface area contributed by atoms with Crippen LogP contribution in [0.4, 0.5) is 0 Å². The molecule has 3 rings (SSSR count). The molecule has 0 spiro atoms. The third-order valence-corrected chi connectivity index (χ3v) is 4.58. The van der Waals surface area contributed by atoms with Crippen LogP contribution in [0.2, 0.25) is 4.34 Å². The molecule has 1 aliphatic carbocycles. The first-order chi connectivity index (χ1) is 6.34. The largest absolute Gasteiger partial charge is 0.310 e. The summed E-state index contributed by atoms with van der Waals surface area (Å²) < 4.78 is 0.958. The Labute approximate surface area is 87.1 Å². The van der Waals surface area contributed by atoms with Crippen LogP contribution in [0.5, 0.6) is 0 Å². The van der Waals surface area contributed by atoms with Gasteiger partial charge in [0, 0.05) is 10.9 Å². The van der Waals surface area contributed by atoms with Crippen molar-refractivity contribution in [1.29, 1.82) is 0 Å². The highest BCUT2D eigenvalue weighted by molar-refractivity contribution is 7.16. The summed E-state index contributed by atoms with van der Waals surface area (Å²) in [6.07, 6.45) is 3.94. The van der Waals surface area contributed by atoms with Gasteiger partial charge in [-0.15, -0.1) is 11.3 Å². The van der Waals surface area contributed by atoms with Gasteiger partial charge in [-0.05, 0) is 43.4 Å². The van der Waals surface area contributed by atoms with E-state index < -0.39 is 0 Å². The van der Waals surface area contributed by atoms with Crippen molar-refractivity contribution in [3.8, 4) is 0 Å². The summed E-state index contributed by atoms with van der Waals surface area (Å²) in [5, 5.41) is 3.58. The summed E-state index contributed by atoms with van der Waals surface area (Å²) in [7, 11) is 0. The molecule has 0 radical (unpaired) electrons. The number of halogens is 1. The maximum atomic E-state index is 6.03. The lowest BCUT2D eigenvalue weighted by Gasteiger charge is -2.25. The molecule has 1 aromatic heterocycles. The monoisotopic (exact) mass is 213 g/mol. The molecule has 1 aromatic rings. The van der Waals surface area contributed by atoms with Crippen molar-refractivity contribution in [3.05, 3.63) is 20.8 Å². The zero-order chi connectivity index (χ0) is 8.84. The second kappa shape index (κ2) is 2.97. The van der Waals surface area contributed by atoms with Gasteiger partial charge in [-0.25, -0.2) is 0 Å². The molecule has 13 heavy (non-hydrogen) atoms. The van der Waals surface area contributed by atoms with Crippen molar-refractivity contribution in [2.75, 3.05) is 6.54 Å².